The molecule has 1 heterocycles. The van der Waals surface area contributed by atoms with Gasteiger partial charge in [0, 0.05) is 5.02 Å². The van der Waals surface area contributed by atoms with E-state index in [9.17, 15) is 4.79 Å². The van der Waals surface area contributed by atoms with Gasteiger partial charge in [-0.3, -0.25) is 4.79 Å². The zero-order chi connectivity index (χ0) is 24.1. The molecule has 0 spiro atoms. The van der Waals surface area contributed by atoms with Crippen LogP contribution in [0.4, 0.5) is 5.69 Å². The summed E-state index contributed by atoms with van der Waals surface area (Å²) in [5, 5.41) is 3.94. The summed E-state index contributed by atoms with van der Waals surface area (Å²) in [5.41, 5.74) is 4.82. The van der Waals surface area contributed by atoms with E-state index in [2.05, 4.69) is 29.4 Å². The van der Waals surface area contributed by atoms with Crippen LogP contribution in [-0.2, 0) is 11.4 Å². The molecular formula is C27H25ClN2O3S. The number of aryl methyl sites for hydroxylation is 2. The van der Waals surface area contributed by atoms with E-state index >= 15 is 0 Å². The molecule has 1 N–H and O–H groups in total. The van der Waals surface area contributed by atoms with Crippen molar-refractivity contribution >= 4 is 46.2 Å². The third-order valence-corrected chi connectivity index (χ3v) is 6.23. The van der Waals surface area contributed by atoms with E-state index in [1.165, 1.54) is 17.3 Å². The average Bonchev–Trinajstić information content (AvgIpc) is 3.14. The van der Waals surface area contributed by atoms with Crippen molar-refractivity contribution in [3.8, 4) is 11.5 Å². The molecule has 0 bridgehead atoms. The van der Waals surface area contributed by atoms with Gasteiger partial charge in [0.15, 0.2) is 16.7 Å². The SMILES string of the molecule is CCOc1cc(/C=C2\SC(=Nc3cc(Cl)ccc3C)NC2=O)ccc1OCc1cccc(C)c1. The molecule has 1 amide bonds. The number of hydrogen-bond acceptors (Lipinski definition) is 5. The Morgan fingerprint density at radius 3 is 2.68 bits per heavy atom. The fourth-order valence-corrected chi connectivity index (χ4v) is 4.41. The van der Waals surface area contributed by atoms with Crippen LogP contribution in [-0.4, -0.2) is 17.7 Å². The van der Waals surface area contributed by atoms with E-state index < -0.39 is 0 Å². The number of aliphatic imine (C=N–C) groups is 1. The second kappa shape index (κ2) is 10.8. The highest BCUT2D eigenvalue weighted by atomic mass is 35.5. The molecule has 3 aromatic carbocycles. The standard InChI is InChI=1S/C27H25ClN2O3S/c1-4-32-24-13-19(9-11-23(24)33-16-20-7-5-6-17(2)12-20)14-25-26(31)30-27(34-25)29-22-15-21(28)10-8-18(22)3/h5-15H,4,16H2,1-3H3,(H,29,30,31)/b25-14-. The number of benzene rings is 3. The second-order valence-electron chi connectivity index (χ2n) is 7.83. The van der Waals surface area contributed by atoms with Gasteiger partial charge in [-0.25, -0.2) is 4.99 Å². The van der Waals surface area contributed by atoms with Crippen LogP contribution in [0.25, 0.3) is 6.08 Å². The lowest BCUT2D eigenvalue weighted by Gasteiger charge is -2.13. The number of amides is 1. The minimum Gasteiger partial charge on any atom is -0.490 e. The van der Waals surface area contributed by atoms with Crippen molar-refractivity contribution < 1.29 is 14.3 Å². The summed E-state index contributed by atoms with van der Waals surface area (Å²) >= 11 is 7.38. The molecule has 3 aromatic rings. The van der Waals surface area contributed by atoms with Crippen LogP contribution in [0.2, 0.25) is 5.02 Å². The Labute approximate surface area is 208 Å². The number of halogens is 1. The lowest BCUT2D eigenvalue weighted by molar-refractivity contribution is -0.115. The van der Waals surface area contributed by atoms with Gasteiger partial charge in [-0.15, -0.1) is 0 Å². The van der Waals surface area contributed by atoms with Crippen LogP contribution in [0.3, 0.4) is 0 Å². The van der Waals surface area contributed by atoms with Gasteiger partial charge in [-0.1, -0.05) is 53.6 Å². The minimum atomic E-state index is -0.193. The molecule has 1 fully saturated rings. The number of nitrogens with zero attached hydrogens (tertiary/aromatic N) is 1. The molecule has 4 rings (SSSR count). The largest absolute Gasteiger partial charge is 0.490 e. The summed E-state index contributed by atoms with van der Waals surface area (Å²) in [6, 6.07) is 19.4. The topological polar surface area (TPSA) is 59.9 Å². The van der Waals surface area contributed by atoms with Crippen LogP contribution in [0.15, 0.2) is 70.6 Å². The molecule has 1 aliphatic rings. The Balaban J connectivity index is 1.52. The number of hydrogen-bond donors (Lipinski definition) is 1. The lowest BCUT2D eigenvalue weighted by Crippen LogP contribution is -2.19. The van der Waals surface area contributed by atoms with E-state index in [1.807, 2.05) is 62.4 Å². The lowest BCUT2D eigenvalue weighted by atomic mass is 10.1. The van der Waals surface area contributed by atoms with Crippen molar-refractivity contribution in [1.82, 2.24) is 5.32 Å². The molecule has 0 aromatic heterocycles. The Hall–Kier alpha value is -3.22. The fraction of sp³-hybridized carbons (Fsp3) is 0.185. The smallest absolute Gasteiger partial charge is 0.264 e. The number of amidine groups is 1. The average molecular weight is 493 g/mol. The van der Waals surface area contributed by atoms with Gasteiger partial charge in [-0.05, 0) is 79.6 Å². The molecule has 5 nitrogen and oxygen atoms in total. The number of nitrogens with one attached hydrogen (secondary N) is 1. The molecule has 174 valence electrons. The maximum atomic E-state index is 12.5. The normalized spacial score (nSPS) is 15.6. The molecule has 0 saturated carbocycles. The molecule has 0 unspecified atom stereocenters. The molecular weight excluding hydrogens is 468 g/mol. The summed E-state index contributed by atoms with van der Waals surface area (Å²) in [4.78, 5) is 17.6. The maximum Gasteiger partial charge on any atom is 0.264 e. The summed E-state index contributed by atoms with van der Waals surface area (Å²) < 4.78 is 11.8. The summed E-state index contributed by atoms with van der Waals surface area (Å²) in [5.74, 6) is 1.10. The van der Waals surface area contributed by atoms with E-state index in [0.717, 1.165) is 22.4 Å². The van der Waals surface area contributed by atoms with Crippen molar-refractivity contribution in [2.75, 3.05) is 6.61 Å². The monoisotopic (exact) mass is 492 g/mol. The minimum absolute atomic E-state index is 0.193. The van der Waals surface area contributed by atoms with E-state index in [4.69, 9.17) is 21.1 Å². The molecule has 1 saturated heterocycles. The summed E-state index contributed by atoms with van der Waals surface area (Å²) in [6.45, 7) is 6.89. The van der Waals surface area contributed by atoms with Crippen LogP contribution in [0, 0.1) is 13.8 Å². The number of rotatable bonds is 7. The Kier molecular flexibility index (Phi) is 7.60. The first kappa shape index (κ1) is 23.9. The molecule has 0 atom stereocenters. The Morgan fingerprint density at radius 1 is 1.03 bits per heavy atom. The third kappa shape index (κ3) is 6.01. The zero-order valence-electron chi connectivity index (χ0n) is 19.2. The van der Waals surface area contributed by atoms with E-state index in [-0.39, 0.29) is 5.91 Å². The fourth-order valence-electron chi connectivity index (χ4n) is 3.41. The van der Waals surface area contributed by atoms with Crippen molar-refractivity contribution in [1.29, 1.82) is 0 Å². The molecule has 0 aliphatic carbocycles. The molecule has 34 heavy (non-hydrogen) atoms. The number of carbonyl (C=O) groups excluding carboxylic acids is 1. The van der Waals surface area contributed by atoms with Crippen molar-refractivity contribution in [3.63, 3.8) is 0 Å². The summed E-state index contributed by atoms with van der Waals surface area (Å²) in [7, 11) is 0. The van der Waals surface area contributed by atoms with Gasteiger partial charge in [0.2, 0.25) is 0 Å². The molecule has 0 radical (unpaired) electrons. The zero-order valence-corrected chi connectivity index (χ0v) is 20.8. The predicted octanol–water partition coefficient (Wildman–Crippen LogP) is 6.83. The number of thioether (sulfide) groups is 1. The van der Waals surface area contributed by atoms with Crippen molar-refractivity contribution in [2.24, 2.45) is 4.99 Å². The van der Waals surface area contributed by atoms with E-state index in [1.54, 1.807) is 6.07 Å². The highest BCUT2D eigenvalue weighted by Crippen LogP contribution is 2.33. The van der Waals surface area contributed by atoms with Crippen molar-refractivity contribution in [2.45, 2.75) is 27.4 Å². The first-order valence-electron chi connectivity index (χ1n) is 10.9. The first-order valence-corrected chi connectivity index (χ1v) is 12.1. The first-order chi connectivity index (χ1) is 16.4. The third-order valence-electron chi connectivity index (χ3n) is 5.09. The van der Waals surface area contributed by atoms with Gasteiger partial charge >= 0.3 is 0 Å². The Bertz CT molecular complexity index is 1290. The van der Waals surface area contributed by atoms with Crippen LogP contribution in [0.1, 0.15) is 29.2 Å². The van der Waals surface area contributed by atoms with Gasteiger partial charge in [0.1, 0.15) is 6.61 Å². The highest BCUT2D eigenvalue weighted by Gasteiger charge is 2.24. The van der Waals surface area contributed by atoms with Crippen LogP contribution >= 0.6 is 23.4 Å². The van der Waals surface area contributed by atoms with Crippen LogP contribution in [0.5, 0.6) is 11.5 Å². The second-order valence-corrected chi connectivity index (χ2v) is 9.30. The van der Waals surface area contributed by atoms with E-state index in [0.29, 0.717) is 39.8 Å². The van der Waals surface area contributed by atoms with Gasteiger partial charge in [0.25, 0.3) is 5.91 Å². The quantitative estimate of drug-likeness (QED) is 0.367. The molecule has 7 heteroatoms. The van der Waals surface area contributed by atoms with Crippen LogP contribution < -0.4 is 14.8 Å². The number of ether oxygens (including phenoxy) is 2. The highest BCUT2D eigenvalue weighted by molar-refractivity contribution is 8.18. The molecule has 1 aliphatic heterocycles. The predicted molar refractivity (Wildman–Crippen MR) is 140 cm³/mol. The van der Waals surface area contributed by atoms with Gasteiger partial charge in [0.05, 0.1) is 17.2 Å². The van der Waals surface area contributed by atoms with Gasteiger partial charge in [-0.2, -0.15) is 0 Å². The maximum absolute atomic E-state index is 12.5. The number of carbonyl (C=O) groups is 1. The summed E-state index contributed by atoms with van der Waals surface area (Å²) in [6.07, 6.45) is 1.82. The Morgan fingerprint density at radius 2 is 1.88 bits per heavy atom. The van der Waals surface area contributed by atoms with Crippen molar-refractivity contribution in [3.05, 3.63) is 92.8 Å². The van der Waals surface area contributed by atoms with Gasteiger partial charge < -0.3 is 14.8 Å².